The lowest BCUT2D eigenvalue weighted by atomic mass is 9.98. The molecule has 134 valence electrons. The van der Waals surface area contributed by atoms with Crippen molar-refractivity contribution in [3.05, 3.63) is 29.6 Å². The van der Waals surface area contributed by atoms with Gasteiger partial charge in [0.05, 0.1) is 17.0 Å². The molecule has 0 atom stereocenters. The summed E-state index contributed by atoms with van der Waals surface area (Å²) in [4.78, 5) is 4.52. The summed E-state index contributed by atoms with van der Waals surface area (Å²) in [7, 11) is -3.18. The molecule has 0 radical (unpaired) electrons. The van der Waals surface area contributed by atoms with Gasteiger partial charge in [-0.15, -0.1) is 0 Å². The third-order valence-electron chi connectivity index (χ3n) is 5.19. The number of nitrogens with two attached hydrogens (primary N) is 1. The average molecular weight is 362 g/mol. The summed E-state index contributed by atoms with van der Waals surface area (Å²) in [5, 5.41) is 4.09. The Morgan fingerprint density at radius 1 is 1.24 bits per heavy atom. The van der Waals surface area contributed by atoms with E-state index in [1.165, 1.54) is 4.31 Å². The van der Waals surface area contributed by atoms with Gasteiger partial charge in [-0.05, 0) is 49.9 Å². The van der Waals surface area contributed by atoms with Crippen molar-refractivity contribution in [3.8, 4) is 11.5 Å². The first kappa shape index (κ1) is 16.5. The van der Waals surface area contributed by atoms with Crippen LogP contribution in [0.15, 0.2) is 22.7 Å². The standard InChI is InChI=1S/C17H22N4O3S/c1-12-11-13(21-9-4-10-25(21,22)23)5-6-14(12)15-19-16(20-24-15)17(18)7-2-3-8-17/h5-6,11H,2-4,7-10,18H2,1H3. The minimum Gasteiger partial charge on any atom is -0.334 e. The number of anilines is 1. The smallest absolute Gasteiger partial charge is 0.258 e. The zero-order valence-electron chi connectivity index (χ0n) is 14.2. The number of sulfonamides is 1. The summed E-state index contributed by atoms with van der Waals surface area (Å²) < 4.78 is 31.1. The molecule has 7 nitrogen and oxygen atoms in total. The third kappa shape index (κ3) is 2.83. The number of aryl methyl sites for hydroxylation is 1. The van der Waals surface area contributed by atoms with E-state index in [0.717, 1.165) is 36.8 Å². The van der Waals surface area contributed by atoms with Crippen molar-refractivity contribution in [1.82, 2.24) is 10.1 Å². The first-order valence-electron chi connectivity index (χ1n) is 8.64. The number of nitrogens with zero attached hydrogens (tertiary/aromatic N) is 3. The van der Waals surface area contributed by atoms with Gasteiger partial charge in [0.1, 0.15) is 0 Å². The van der Waals surface area contributed by atoms with E-state index in [4.69, 9.17) is 10.3 Å². The van der Waals surface area contributed by atoms with E-state index in [2.05, 4.69) is 10.1 Å². The highest BCUT2D eigenvalue weighted by Gasteiger charge is 2.36. The highest BCUT2D eigenvalue weighted by atomic mass is 32.2. The molecule has 2 heterocycles. The minimum absolute atomic E-state index is 0.208. The Bertz CT molecular complexity index is 900. The minimum atomic E-state index is -3.18. The molecule has 2 fully saturated rings. The summed E-state index contributed by atoms with van der Waals surface area (Å²) >= 11 is 0. The van der Waals surface area contributed by atoms with Crippen LogP contribution in [-0.2, 0) is 15.6 Å². The molecule has 0 amide bonds. The molecule has 2 aromatic rings. The van der Waals surface area contributed by atoms with E-state index in [0.29, 0.717) is 30.4 Å². The summed E-state index contributed by atoms with van der Waals surface area (Å²) in [5.74, 6) is 1.20. The van der Waals surface area contributed by atoms with Gasteiger partial charge in [0.2, 0.25) is 10.0 Å². The Kier molecular flexibility index (Phi) is 3.84. The number of benzene rings is 1. The lowest BCUT2D eigenvalue weighted by molar-refractivity contribution is 0.372. The largest absolute Gasteiger partial charge is 0.334 e. The number of hydrogen-bond acceptors (Lipinski definition) is 6. The lowest BCUT2D eigenvalue weighted by Gasteiger charge is -2.18. The first-order valence-corrected chi connectivity index (χ1v) is 10.2. The zero-order valence-corrected chi connectivity index (χ0v) is 15.1. The number of hydrogen-bond donors (Lipinski definition) is 1. The molecule has 4 rings (SSSR count). The van der Waals surface area contributed by atoms with Crippen molar-refractivity contribution in [2.75, 3.05) is 16.6 Å². The summed E-state index contributed by atoms with van der Waals surface area (Å²) in [6, 6.07) is 5.49. The van der Waals surface area contributed by atoms with Crippen LogP contribution in [0, 0.1) is 6.92 Å². The molecule has 0 unspecified atom stereocenters. The predicted molar refractivity (Wildman–Crippen MR) is 94.6 cm³/mol. The van der Waals surface area contributed by atoms with E-state index < -0.39 is 15.6 Å². The van der Waals surface area contributed by atoms with Crippen LogP contribution in [0.3, 0.4) is 0 Å². The summed E-state index contributed by atoms with van der Waals surface area (Å²) in [6.45, 7) is 2.45. The van der Waals surface area contributed by atoms with Crippen molar-refractivity contribution in [1.29, 1.82) is 0 Å². The van der Waals surface area contributed by atoms with E-state index in [9.17, 15) is 8.42 Å². The maximum Gasteiger partial charge on any atom is 0.258 e. The van der Waals surface area contributed by atoms with Gasteiger partial charge in [0.25, 0.3) is 5.89 Å². The van der Waals surface area contributed by atoms with Crippen molar-refractivity contribution in [3.63, 3.8) is 0 Å². The van der Waals surface area contributed by atoms with E-state index in [1.807, 2.05) is 19.1 Å². The Labute approximate surface area is 147 Å². The summed E-state index contributed by atoms with van der Waals surface area (Å²) in [6.07, 6.45) is 4.57. The van der Waals surface area contributed by atoms with Crippen LogP contribution in [0.25, 0.3) is 11.5 Å². The normalized spacial score (nSPS) is 21.8. The van der Waals surface area contributed by atoms with Crippen molar-refractivity contribution in [2.24, 2.45) is 5.73 Å². The molecule has 0 spiro atoms. The van der Waals surface area contributed by atoms with Gasteiger partial charge in [-0.2, -0.15) is 4.98 Å². The average Bonchev–Trinajstić information content (AvgIpc) is 3.27. The molecule has 1 saturated carbocycles. The third-order valence-corrected chi connectivity index (χ3v) is 7.06. The second kappa shape index (κ2) is 5.81. The van der Waals surface area contributed by atoms with Crippen LogP contribution in [0.4, 0.5) is 5.69 Å². The van der Waals surface area contributed by atoms with Crippen LogP contribution in [-0.4, -0.2) is 30.9 Å². The monoisotopic (exact) mass is 362 g/mol. The fourth-order valence-electron chi connectivity index (χ4n) is 3.74. The van der Waals surface area contributed by atoms with E-state index >= 15 is 0 Å². The van der Waals surface area contributed by atoms with Crippen LogP contribution in [0.2, 0.25) is 0 Å². The second-order valence-corrected chi connectivity index (χ2v) is 9.04. The molecule has 2 N–H and O–H groups in total. The molecular formula is C17H22N4O3S. The number of rotatable bonds is 3. The van der Waals surface area contributed by atoms with Crippen molar-refractivity contribution < 1.29 is 12.9 Å². The first-order chi connectivity index (χ1) is 11.9. The van der Waals surface area contributed by atoms with Gasteiger partial charge in [0, 0.05) is 12.1 Å². The van der Waals surface area contributed by atoms with Gasteiger partial charge < -0.3 is 10.3 Å². The quantitative estimate of drug-likeness (QED) is 0.899. The second-order valence-electron chi connectivity index (χ2n) is 7.03. The molecule has 8 heteroatoms. The Morgan fingerprint density at radius 2 is 2.00 bits per heavy atom. The van der Waals surface area contributed by atoms with Gasteiger partial charge in [-0.1, -0.05) is 18.0 Å². The van der Waals surface area contributed by atoms with Gasteiger partial charge in [-0.3, -0.25) is 4.31 Å². The maximum absolute atomic E-state index is 12.1. The highest BCUT2D eigenvalue weighted by Crippen LogP contribution is 2.36. The van der Waals surface area contributed by atoms with Gasteiger partial charge in [0.15, 0.2) is 5.82 Å². The molecule has 0 bridgehead atoms. The molecule has 1 aromatic carbocycles. The van der Waals surface area contributed by atoms with E-state index in [1.54, 1.807) is 6.07 Å². The fraction of sp³-hybridized carbons (Fsp3) is 0.529. The molecule has 1 saturated heterocycles. The van der Waals surface area contributed by atoms with Gasteiger partial charge in [-0.25, -0.2) is 8.42 Å². The Balaban J connectivity index is 1.65. The summed E-state index contributed by atoms with van der Waals surface area (Å²) in [5.41, 5.74) is 8.29. The maximum atomic E-state index is 12.1. The van der Waals surface area contributed by atoms with Crippen LogP contribution < -0.4 is 10.0 Å². The Morgan fingerprint density at radius 3 is 2.64 bits per heavy atom. The van der Waals surface area contributed by atoms with Gasteiger partial charge >= 0.3 is 0 Å². The fourth-order valence-corrected chi connectivity index (χ4v) is 5.29. The highest BCUT2D eigenvalue weighted by molar-refractivity contribution is 7.93. The zero-order chi connectivity index (χ0) is 17.7. The SMILES string of the molecule is Cc1cc(N2CCCS2(=O)=O)ccc1-c1nc(C2(N)CCCC2)no1. The predicted octanol–water partition coefficient (Wildman–Crippen LogP) is 2.31. The molecular weight excluding hydrogens is 340 g/mol. The molecule has 1 aliphatic carbocycles. The van der Waals surface area contributed by atoms with Crippen molar-refractivity contribution in [2.45, 2.75) is 44.6 Å². The molecule has 25 heavy (non-hydrogen) atoms. The molecule has 1 aromatic heterocycles. The van der Waals surface area contributed by atoms with Crippen LogP contribution >= 0.6 is 0 Å². The number of aromatic nitrogens is 2. The molecule has 1 aliphatic heterocycles. The van der Waals surface area contributed by atoms with E-state index in [-0.39, 0.29) is 5.75 Å². The Hall–Kier alpha value is -1.93. The van der Waals surface area contributed by atoms with Crippen LogP contribution in [0.1, 0.15) is 43.5 Å². The van der Waals surface area contributed by atoms with Crippen LogP contribution in [0.5, 0.6) is 0 Å². The van der Waals surface area contributed by atoms with Crippen molar-refractivity contribution >= 4 is 15.7 Å². The topological polar surface area (TPSA) is 102 Å². The molecule has 2 aliphatic rings. The lowest BCUT2D eigenvalue weighted by Crippen LogP contribution is -2.34.